The van der Waals surface area contributed by atoms with Gasteiger partial charge < -0.3 is 10.6 Å². The molecule has 154 valence electrons. The molecule has 2 aromatic carbocycles. The van der Waals surface area contributed by atoms with Crippen molar-refractivity contribution in [3.05, 3.63) is 63.9 Å². The third kappa shape index (κ3) is 6.42. The lowest BCUT2D eigenvalue weighted by molar-refractivity contribution is -0.126. The van der Waals surface area contributed by atoms with E-state index in [1.54, 1.807) is 30.3 Å². The molecule has 0 radical (unpaired) electrons. The summed E-state index contributed by atoms with van der Waals surface area (Å²) in [6.45, 7) is 1.97. The van der Waals surface area contributed by atoms with Gasteiger partial charge in [0.25, 0.3) is 0 Å². The Kier molecular flexibility index (Phi) is 7.47. The number of piperidine rings is 1. The Morgan fingerprint density at radius 3 is 2.38 bits per heavy atom. The van der Waals surface area contributed by atoms with Crippen molar-refractivity contribution in [2.75, 3.05) is 25.0 Å². The monoisotopic (exact) mass is 437 g/mol. The van der Waals surface area contributed by atoms with Crippen LogP contribution < -0.4 is 10.6 Å². The Labute approximate surface area is 179 Å². The molecule has 2 amide bonds. The van der Waals surface area contributed by atoms with Crippen molar-refractivity contribution in [1.82, 2.24) is 10.2 Å². The molecule has 5 nitrogen and oxygen atoms in total. The first-order chi connectivity index (χ1) is 13.9. The van der Waals surface area contributed by atoms with Gasteiger partial charge in [-0.25, -0.2) is 4.39 Å². The quantitative estimate of drug-likeness (QED) is 0.714. The third-order valence-corrected chi connectivity index (χ3v) is 5.65. The van der Waals surface area contributed by atoms with Gasteiger partial charge in [-0.3, -0.25) is 14.5 Å². The number of carbonyl (C=O) groups excluding carboxylic acids is 2. The van der Waals surface area contributed by atoms with E-state index in [0.717, 1.165) is 5.56 Å². The fourth-order valence-corrected chi connectivity index (χ4v) is 3.56. The van der Waals surface area contributed by atoms with Gasteiger partial charge in [0, 0.05) is 18.2 Å². The first-order valence-corrected chi connectivity index (χ1v) is 10.2. The fraction of sp³-hybridized carbons (Fsp3) is 0.333. The number of carbonyl (C=O) groups is 2. The molecule has 0 atom stereocenters. The summed E-state index contributed by atoms with van der Waals surface area (Å²) in [4.78, 5) is 26.6. The van der Waals surface area contributed by atoms with E-state index in [9.17, 15) is 14.0 Å². The Morgan fingerprint density at radius 2 is 1.72 bits per heavy atom. The number of rotatable bonds is 6. The van der Waals surface area contributed by atoms with Crippen molar-refractivity contribution < 1.29 is 14.0 Å². The second-order valence-corrected chi connectivity index (χ2v) is 7.89. The average Bonchev–Trinajstić information content (AvgIpc) is 2.70. The normalized spacial score (nSPS) is 15.1. The topological polar surface area (TPSA) is 61.4 Å². The van der Waals surface area contributed by atoms with Crippen molar-refractivity contribution in [1.29, 1.82) is 0 Å². The summed E-state index contributed by atoms with van der Waals surface area (Å²) in [5.41, 5.74) is 1.45. The zero-order chi connectivity index (χ0) is 20.8. The molecule has 0 aromatic heterocycles. The van der Waals surface area contributed by atoms with Gasteiger partial charge in [0.05, 0.1) is 16.6 Å². The van der Waals surface area contributed by atoms with E-state index in [1.807, 2.05) is 4.90 Å². The SMILES string of the molecule is O=C(CN1CCC(C(=O)NCc2ccc(F)cc2)CC1)Nc1ccc(Cl)c(Cl)c1. The van der Waals surface area contributed by atoms with E-state index in [1.165, 1.54) is 12.1 Å². The molecule has 2 N–H and O–H groups in total. The largest absolute Gasteiger partial charge is 0.352 e. The first kappa shape index (κ1) is 21.6. The highest BCUT2D eigenvalue weighted by atomic mass is 35.5. The highest BCUT2D eigenvalue weighted by molar-refractivity contribution is 6.42. The number of nitrogens with zero attached hydrogens (tertiary/aromatic N) is 1. The van der Waals surface area contributed by atoms with E-state index < -0.39 is 0 Å². The summed E-state index contributed by atoms with van der Waals surface area (Å²) in [6, 6.07) is 11.0. The van der Waals surface area contributed by atoms with E-state index >= 15 is 0 Å². The van der Waals surface area contributed by atoms with E-state index in [4.69, 9.17) is 23.2 Å². The first-order valence-electron chi connectivity index (χ1n) is 9.40. The van der Waals surface area contributed by atoms with Gasteiger partial charge in [0.15, 0.2) is 0 Å². The molecular formula is C21H22Cl2FN3O2. The summed E-state index contributed by atoms with van der Waals surface area (Å²) in [7, 11) is 0. The molecule has 0 saturated carbocycles. The van der Waals surface area contributed by atoms with Gasteiger partial charge in [-0.1, -0.05) is 35.3 Å². The van der Waals surface area contributed by atoms with Crippen LogP contribution in [0.3, 0.4) is 0 Å². The van der Waals surface area contributed by atoms with Gasteiger partial charge in [-0.15, -0.1) is 0 Å². The summed E-state index contributed by atoms with van der Waals surface area (Å²) in [6.07, 6.45) is 1.38. The van der Waals surface area contributed by atoms with Crippen LogP contribution in [0.15, 0.2) is 42.5 Å². The molecule has 1 fully saturated rings. The fourth-order valence-electron chi connectivity index (χ4n) is 3.27. The van der Waals surface area contributed by atoms with Gasteiger partial charge in [0.1, 0.15) is 5.82 Å². The summed E-state index contributed by atoms with van der Waals surface area (Å²) in [5.74, 6) is -0.516. The van der Waals surface area contributed by atoms with Gasteiger partial charge in [-0.05, 0) is 61.8 Å². The molecule has 8 heteroatoms. The number of nitrogens with one attached hydrogen (secondary N) is 2. The highest BCUT2D eigenvalue weighted by Gasteiger charge is 2.25. The molecule has 2 aromatic rings. The zero-order valence-electron chi connectivity index (χ0n) is 15.8. The maximum atomic E-state index is 12.9. The minimum atomic E-state index is -0.296. The lowest BCUT2D eigenvalue weighted by atomic mass is 9.96. The lowest BCUT2D eigenvalue weighted by Gasteiger charge is -2.30. The van der Waals surface area contributed by atoms with Gasteiger partial charge >= 0.3 is 0 Å². The minimum absolute atomic E-state index is 0.00534. The molecular weight excluding hydrogens is 416 g/mol. The Balaban J connectivity index is 1.40. The van der Waals surface area contributed by atoms with Crippen LogP contribution in [-0.4, -0.2) is 36.3 Å². The summed E-state index contributed by atoms with van der Waals surface area (Å²) >= 11 is 11.8. The molecule has 0 bridgehead atoms. The van der Waals surface area contributed by atoms with Crippen LogP contribution in [0.25, 0.3) is 0 Å². The minimum Gasteiger partial charge on any atom is -0.352 e. The molecule has 1 aliphatic heterocycles. The maximum Gasteiger partial charge on any atom is 0.238 e. The van der Waals surface area contributed by atoms with Crippen LogP contribution in [0.4, 0.5) is 10.1 Å². The molecule has 0 spiro atoms. The molecule has 0 unspecified atom stereocenters. The van der Waals surface area contributed by atoms with Crippen LogP contribution >= 0.6 is 23.2 Å². The van der Waals surface area contributed by atoms with E-state index in [-0.39, 0.29) is 30.1 Å². The number of hydrogen-bond donors (Lipinski definition) is 2. The van der Waals surface area contributed by atoms with Crippen LogP contribution in [0.1, 0.15) is 18.4 Å². The molecule has 1 saturated heterocycles. The molecule has 1 aliphatic rings. The molecule has 3 rings (SSSR count). The number of amides is 2. The Morgan fingerprint density at radius 1 is 1.03 bits per heavy atom. The van der Waals surface area contributed by atoms with Crippen molar-refractivity contribution in [2.45, 2.75) is 19.4 Å². The number of halogens is 3. The van der Waals surface area contributed by atoms with Crippen LogP contribution in [0.5, 0.6) is 0 Å². The predicted molar refractivity (Wildman–Crippen MR) is 113 cm³/mol. The van der Waals surface area contributed by atoms with E-state index in [0.29, 0.717) is 48.2 Å². The third-order valence-electron chi connectivity index (χ3n) is 4.91. The molecule has 29 heavy (non-hydrogen) atoms. The second-order valence-electron chi connectivity index (χ2n) is 7.07. The number of benzene rings is 2. The van der Waals surface area contributed by atoms with Crippen molar-refractivity contribution in [2.24, 2.45) is 5.92 Å². The average molecular weight is 438 g/mol. The predicted octanol–water partition coefficient (Wildman–Crippen LogP) is 4.10. The molecule has 1 heterocycles. The van der Waals surface area contributed by atoms with Crippen molar-refractivity contribution in [3.8, 4) is 0 Å². The smallest absolute Gasteiger partial charge is 0.238 e. The number of likely N-dealkylation sites (tertiary alicyclic amines) is 1. The maximum absolute atomic E-state index is 12.9. The van der Waals surface area contributed by atoms with Gasteiger partial charge in [0.2, 0.25) is 11.8 Å². The summed E-state index contributed by atoms with van der Waals surface area (Å²) in [5, 5.41) is 6.53. The van der Waals surface area contributed by atoms with Gasteiger partial charge in [-0.2, -0.15) is 0 Å². The van der Waals surface area contributed by atoms with Crippen LogP contribution in [-0.2, 0) is 16.1 Å². The number of anilines is 1. The standard InChI is InChI=1S/C21H22Cl2FN3O2/c22-18-6-5-17(11-19(18)23)26-20(28)13-27-9-7-15(8-10-27)21(29)25-12-14-1-3-16(24)4-2-14/h1-6,11,15H,7-10,12-13H2,(H,25,29)(H,26,28). The summed E-state index contributed by atoms with van der Waals surface area (Å²) < 4.78 is 12.9. The van der Waals surface area contributed by atoms with Crippen LogP contribution in [0.2, 0.25) is 10.0 Å². The lowest BCUT2D eigenvalue weighted by Crippen LogP contribution is -2.43. The molecule has 0 aliphatic carbocycles. The highest BCUT2D eigenvalue weighted by Crippen LogP contribution is 2.25. The van der Waals surface area contributed by atoms with Crippen molar-refractivity contribution >= 4 is 40.7 Å². The Hall–Kier alpha value is -2.15. The van der Waals surface area contributed by atoms with Crippen molar-refractivity contribution in [3.63, 3.8) is 0 Å². The van der Waals surface area contributed by atoms with Crippen LogP contribution in [0, 0.1) is 11.7 Å². The second kappa shape index (κ2) is 10.1. The number of hydrogen-bond acceptors (Lipinski definition) is 3. The zero-order valence-corrected chi connectivity index (χ0v) is 17.3. The van der Waals surface area contributed by atoms with E-state index in [2.05, 4.69) is 10.6 Å². The Bertz CT molecular complexity index is 869.